The lowest BCUT2D eigenvalue weighted by Crippen LogP contribution is -2.36. The number of carbonyl (C=O) groups excluding carboxylic acids is 3. The number of carbonyl (C=O) groups is 3. The van der Waals surface area contributed by atoms with Gasteiger partial charge in [0.2, 0.25) is 0 Å². The van der Waals surface area contributed by atoms with Gasteiger partial charge in [-0.3, -0.25) is 14.5 Å². The van der Waals surface area contributed by atoms with Crippen molar-refractivity contribution in [2.45, 2.75) is 45.2 Å². The molecule has 9 heteroatoms. The van der Waals surface area contributed by atoms with Gasteiger partial charge in [-0.15, -0.1) is 0 Å². The van der Waals surface area contributed by atoms with Gasteiger partial charge in [0, 0.05) is 29.2 Å². The van der Waals surface area contributed by atoms with Crippen LogP contribution in [0.25, 0.3) is 0 Å². The maximum Gasteiger partial charge on any atom is 0.325 e. The summed E-state index contributed by atoms with van der Waals surface area (Å²) >= 11 is 0. The molecule has 0 radical (unpaired) electrons. The van der Waals surface area contributed by atoms with E-state index in [0.29, 0.717) is 11.6 Å². The van der Waals surface area contributed by atoms with Gasteiger partial charge in [0.15, 0.2) is 5.78 Å². The number of aromatic nitrogens is 1. The Kier molecular flexibility index (Phi) is 4.68. The first kappa shape index (κ1) is 18.6. The Morgan fingerprint density at radius 1 is 1.27 bits per heavy atom. The van der Waals surface area contributed by atoms with Gasteiger partial charge in [-0.05, 0) is 39.2 Å². The average molecular weight is 381 g/mol. The van der Waals surface area contributed by atoms with E-state index < -0.39 is 27.8 Å². The zero-order chi connectivity index (χ0) is 19.2. The van der Waals surface area contributed by atoms with Crippen LogP contribution >= 0.6 is 0 Å². The van der Waals surface area contributed by atoms with E-state index in [1.54, 1.807) is 6.07 Å². The van der Waals surface area contributed by atoms with Crippen LogP contribution in [-0.4, -0.2) is 60.2 Å². The van der Waals surface area contributed by atoms with Crippen LogP contribution < -0.4 is 5.32 Å². The van der Waals surface area contributed by atoms with Crippen LogP contribution in [0.1, 0.15) is 47.1 Å². The Morgan fingerprint density at radius 2 is 1.92 bits per heavy atom. The van der Waals surface area contributed by atoms with Crippen molar-refractivity contribution in [2.75, 3.05) is 18.6 Å². The predicted octanol–water partition coefficient (Wildman–Crippen LogP) is 0.978. The number of nitrogens with zero attached hydrogens (tertiary/aromatic N) is 2. The molecule has 1 N–H and O–H groups in total. The maximum atomic E-state index is 12.7. The van der Waals surface area contributed by atoms with Gasteiger partial charge in [0.25, 0.3) is 5.91 Å². The van der Waals surface area contributed by atoms with Crippen molar-refractivity contribution < 1.29 is 22.8 Å². The monoisotopic (exact) mass is 381 g/mol. The molecule has 2 aliphatic rings. The van der Waals surface area contributed by atoms with Crippen molar-refractivity contribution in [3.8, 4) is 0 Å². The summed E-state index contributed by atoms with van der Waals surface area (Å²) in [5, 5.41) is 2.46. The highest BCUT2D eigenvalue weighted by Gasteiger charge is 2.39. The summed E-state index contributed by atoms with van der Waals surface area (Å²) < 4.78 is 24.6. The molecule has 1 aromatic rings. The summed E-state index contributed by atoms with van der Waals surface area (Å²) in [7, 11) is -3.24. The van der Waals surface area contributed by atoms with Crippen molar-refractivity contribution in [1.29, 1.82) is 0 Å². The van der Waals surface area contributed by atoms with Gasteiger partial charge in [-0.25, -0.2) is 13.2 Å². The number of rotatable bonds is 7. The van der Waals surface area contributed by atoms with E-state index in [2.05, 4.69) is 9.88 Å². The molecule has 1 aliphatic heterocycles. The minimum absolute atomic E-state index is 0.00426. The van der Waals surface area contributed by atoms with Crippen LogP contribution in [0, 0.1) is 13.8 Å². The van der Waals surface area contributed by atoms with Crippen LogP contribution in [0.4, 0.5) is 4.79 Å². The fraction of sp³-hybridized carbons (Fsp3) is 0.588. The molecule has 1 atom stereocenters. The quantitative estimate of drug-likeness (QED) is 0.560. The number of hydrogen-bond acceptors (Lipinski definition) is 5. The average Bonchev–Trinajstić information content (AvgIpc) is 3.27. The Labute approximate surface area is 152 Å². The minimum Gasteiger partial charge on any atom is -0.345 e. The van der Waals surface area contributed by atoms with E-state index in [0.717, 1.165) is 35.4 Å². The molecule has 142 valence electrons. The maximum absolute atomic E-state index is 12.7. The van der Waals surface area contributed by atoms with Gasteiger partial charge < -0.3 is 9.88 Å². The molecular weight excluding hydrogens is 358 g/mol. The summed E-state index contributed by atoms with van der Waals surface area (Å²) in [6.45, 7) is 3.48. The summed E-state index contributed by atoms with van der Waals surface area (Å²) in [5.74, 6) is -1.05. The molecule has 2 fully saturated rings. The molecule has 0 spiro atoms. The standard InChI is InChI=1S/C17H23N3O5S/c1-10-8-13(11(2)20(10)12-4-5-12)15(21)9-19-16(22)14(18-17(19)23)6-7-26(3,24)25/h8,12,14H,4-7,9H2,1-3H3,(H,18,23)/t14-/m0/s1. The van der Waals surface area contributed by atoms with Crippen LogP contribution in [0.2, 0.25) is 0 Å². The first-order valence-corrected chi connectivity index (χ1v) is 10.7. The van der Waals surface area contributed by atoms with E-state index in [4.69, 9.17) is 0 Å². The number of nitrogens with one attached hydrogen (secondary N) is 1. The number of imide groups is 1. The topological polar surface area (TPSA) is 106 Å². The summed E-state index contributed by atoms with van der Waals surface area (Å²) in [4.78, 5) is 37.9. The second-order valence-corrected chi connectivity index (χ2v) is 9.41. The molecule has 0 bridgehead atoms. The number of aryl methyl sites for hydroxylation is 1. The van der Waals surface area contributed by atoms with E-state index in [9.17, 15) is 22.8 Å². The van der Waals surface area contributed by atoms with Gasteiger partial charge in [0.05, 0.1) is 12.3 Å². The summed E-state index contributed by atoms with van der Waals surface area (Å²) in [6.07, 6.45) is 3.27. The van der Waals surface area contributed by atoms with Crippen molar-refractivity contribution in [2.24, 2.45) is 0 Å². The van der Waals surface area contributed by atoms with Crippen molar-refractivity contribution in [1.82, 2.24) is 14.8 Å². The molecule has 2 heterocycles. The molecule has 1 aromatic heterocycles. The normalized spacial score (nSPS) is 20.6. The number of amides is 3. The second kappa shape index (κ2) is 6.53. The highest BCUT2D eigenvalue weighted by Crippen LogP contribution is 2.38. The van der Waals surface area contributed by atoms with Crippen LogP contribution in [-0.2, 0) is 14.6 Å². The fourth-order valence-electron chi connectivity index (χ4n) is 3.44. The third kappa shape index (κ3) is 3.67. The van der Waals surface area contributed by atoms with Gasteiger partial charge in [-0.1, -0.05) is 0 Å². The number of hydrogen-bond donors (Lipinski definition) is 1. The van der Waals surface area contributed by atoms with Crippen LogP contribution in [0.5, 0.6) is 0 Å². The second-order valence-electron chi connectivity index (χ2n) is 7.15. The highest BCUT2D eigenvalue weighted by molar-refractivity contribution is 7.90. The zero-order valence-corrected chi connectivity index (χ0v) is 15.9. The van der Waals surface area contributed by atoms with Gasteiger partial charge >= 0.3 is 6.03 Å². The molecule has 3 amide bonds. The molecule has 8 nitrogen and oxygen atoms in total. The number of urea groups is 1. The zero-order valence-electron chi connectivity index (χ0n) is 15.1. The fourth-order valence-corrected chi connectivity index (χ4v) is 4.10. The van der Waals surface area contributed by atoms with E-state index >= 15 is 0 Å². The van der Waals surface area contributed by atoms with Crippen LogP contribution in [0.3, 0.4) is 0 Å². The molecule has 1 aliphatic carbocycles. The highest BCUT2D eigenvalue weighted by atomic mass is 32.2. The lowest BCUT2D eigenvalue weighted by molar-refractivity contribution is -0.127. The first-order chi connectivity index (χ1) is 12.1. The Balaban J connectivity index is 1.70. The Bertz CT molecular complexity index is 882. The third-order valence-corrected chi connectivity index (χ3v) is 5.86. The van der Waals surface area contributed by atoms with Gasteiger partial charge in [-0.2, -0.15) is 0 Å². The van der Waals surface area contributed by atoms with Crippen LogP contribution in [0.15, 0.2) is 6.07 Å². The first-order valence-electron chi connectivity index (χ1n) is 8.59. The van der Waals surface area contributed by atoms with E-state index in [1.807, 2.05) is 13.8 Å². The predicted molar refractivity (Wildman–Crippen MR) is 94.9 cm³/mol. The smallest absolute Gasteiger partial charge is 0.325 e. The number of ketones is 1. The van der Waals surface area contributed by atoms with Crippen molar-refractivity contribution in [3.05, 3.63) is 23.0 Å². The molecule has 3 rings (SSSR count). The molecule has 0 unspecified atom stereocenters. The minimum atomic E-state index is -3.24. The van der Waals surface area contributed by atoms with Crippen molar-refractivity contribution >= 4 is 27.6 Å². The number of sulfone groups is 1. The van der Waals surface area contributed by atoms with E-state index in [1.165, 1.54) is 0 Å². The molecular formula is C17H23N3O5S. The molecule has 1 saturated heterocycles. The van der Waals surface area contributed by atoms with Gasteiger partial charge in [0.1, 0.15) is 15.9 Å². The molecule has 26 heavy (non-hydrogen) atoms. The SMILES string of the molecule is Cc1cc(C(=O)CN2C(=O)N[C@@H](CCS(C)(=O)=O)C2=O)c(C)n1C1CC1. The Hall–Kier alpha value is -2.16. The Morgan fingerprint density at radius 3 is 2.50 bits per heavy atom. The summed E-state index contributed by atoms with van der Waals surface area (Å²) in [6, 6.07) is 0.686. The molecule has 1 saturated carbocycles. The molecule has 0 aromatic carbocycles. The van der Waals surface area contributed by atoms with E-state index in [-0.39, 0.29) is 24.5 Å². The largest absolute Gasteiger partial charge is 0.345 e. The summed E-state index contributed by atoms with van der Waals surface area (Å²) in [5.41, 5.74) is 2.38. The lowest BCUT2D eigenvalue weighted by Gasteiger charge is -2.12. The van der Waals surface area contributed by atoms with Crippen molar-refractivity contribution in [3.63, 3.8) is 0 Å². The third-order valence-electron chi connectivity index (χ3n) is 4.88. The number of Topliss-reactive ketones (excluding diaryl/α,β-unsaturated/α-hetero) is 1. The lowest BCUT2D eigenvalue weighted by atomic mass is 10.1.